The van der Waals surface area contributed by atoms with Crippen molar-refractivity contribution in [2.75, 3.05) is 49.2 Å². The van der Waals surface area contributed by atoms with Gasteiger partial charge < -0.3 is 15.5 Å². The molecule has 2 unspecified atom stereocenters. The molecule has 0 radical (unpaired) electrons. The van der Waals surface area contributed by atoms with Crippen molar-refractivity contribution in [3.05, 3.63) is 77.8 Å². The van der Waals surface area contributed by atoms with E-state index in [1.807, 2.05) is 12.1 Å². The Morgan fingerprint density at radius 2 is 1.46 bits per heavy atom. The second-order valence-corrected chi connectivity index (χ2v) is 10.9. The number of para-hydroxylation sites is 3. The van der Waals surface area contributed by atoms with Crippen LogP contribution in [0.3, 0.4) is 0 Å². The summed E-state index contributed by atoms with van der Waals surface area (Å²) >= 11 is 7.94. The van der Waals surface area contributed by atoms with Crippen molar-refractivity contribution in [1.29, 1.82) is 0 Å². The van der Waals surface area contributed by atoms with Crippen molar-refractivity contribution >= 4 is 40.4 Å². The Balaban J connectivity index is 1.58. The van der Waals surface area contributed by atoms with Crippen LogP contribution in [0.15, 0.2) is 82.6 Å². The van der Waals surface area contributed by atoms with Gasteiger partial charge in [-0.15, -0.1) is 0 Å². The quantitative estimate of drug-likeness (QED) is 0.449. The average Bonchev–Trinajstić information content (AvgIpc) is 2.87. The molecule has 2 heterocycles. The number of hydrazine groups is 1. The van der Waals surface area contributed by atoms with Gasteiger partial charge in [-0.2, -0.15) is 0 Å². The summed E-state index contributed by atoms with van der Waals surface area (Å²) in [6, 6.07) is 26.6. The molecule has 0 amide bonds. The summed E-state index contributed by atoms with van der Waals surface area (Å²) in [6.07, 6.45) is 0. The molecule has 7 heteroatoms. The largest absolute Gasteiger partial charge is 0.367 e. The van der Waals surface area contributed by atoms with Crippen molar-refractivity contribution in [2.45, 2.75) is 35.7 Å². The molecule has 2 N–H and O–H groups in total. The van der Waals surface area contributed by atoms with Crippen LogP contribution in [0.5, 0.6) is 0 Å². The van der Waals surface area contributed by atoms with E-state index in [1.165, 1.54) is 26.9 Å². The van der Waals surface area contributed by atoms with Gasteiger partial charge in [0, 0.05) is 66.2 Å². The van der Waals surface area contributed by atoms with Crippen LogP contribution in [0, 0.1) is 0 Å². The molecule has 3 aromatic rings. The Kier molecular flexibility index (Phi) is 7.85. The Labute approximate surface area is 218 Å². The summed E-state index contributed by atoms with van der Waals surface area (Å²) in [6.45, 7) is 10.4. The first-order valence-corrected chi connectivity index (χ1v) is 13.7. The van der Waals surface area contributed by atoms with Gasteiger partial charge in [0.2, 0.25) is 0 Å². The molecule has 0 saturated carbocycles. The van der Waals surface area contributed by atoms with E-state index < -0.39 is 0 Å². The van der Waals surface area contributed by atoms with Crippen molar-refractivity contribution in [3.8, 4) is 0 Å². The van der Waals surface area contributed by atoms with Crippen LogP contribution in [0.25, 0.3) is 0 Å². The fraction of sp³-hybridized carbons (Fsp3) is 0.357. The molecule has 2 saturated heterocycles. The van der Waals surface area contributed by atoms with Gasteiger partial charge in [-0.1, -0.05) is 47.6 Å². The maximum atomic E-state index is 6.15. The highest BCUT2D eigenvalue weighted by Gasteiger charge is 2.29. The number of hydrogen-bond donors (Lipinski definition) is 2. The van der Waals surface area contributed by atoms with E-state index in [4.69, 9.17) is 11.6 Å². The number of hydrogen-bond acceptors (Lipinski definition) is 6. The first-order chi connectivity index (χ1) is 17.1. The minimum atomic E-state index is 0.425. The minimum absolute atomic E-state index is 0.425. The molecular formula is C28H34ClN5S. The van der Waals surface area contributed by atoms with Crippen LogP contribution in [-0.2, 0) is 0 Å². The van der Waals surface area contributed by atoms with Crippen molar-refractivity contribution in [3.63, 3.8) is 0 Å². The van der Waals surface area contributed by atoms with Crippen LogP contribution in [0.2, 0.25) is 5.02 Å². The number of anilines is 3. The molecule has 3 aromatic carbocycles. The molecule has 184 valence electrons. The highest BCUT2D eigenvalue weighted by atomic mass is 35.5. The van der Waals surface area contributed by atoms with Gasteiger partial charge >= 0.3 is 0 Å². The molecule has 2 atom stereocenters. The molecule has 5 nitrogen and oxygen atoms in total. The predicted molar refractivity (Wildman–Crippen MR) is 149 cm³/mol. The minimum Gasteiger partial charge on any atom is -0.367 e. The lowest BCUT2D eigenvalue weighted by Crippen LogP contribution is -2.55. The van der Waals surface area contributed by atoms with Crippen molar-refractivity contribution in [2.24, 2.45) is 0 Å². The third-order valence-electron chi connectivity index (χ3n) is 6.58. The third-order valence-corrected chi connectivity index (χ3v) is 7.91. The molecule has 2 aliphatic rings. The van der Waals surface area contributed by atoms with Gasteiger partial charge in [-0.05, 0) is 62.4 Å². The Hall–Kier alpha value is -2.22. The van der Waals surface area contributed by atoms with Gasteiger partial charge in [0.15, 0.2) is 0 Å². The molecule has 0 aromatic heterocycles. The second kappa shape index (κ2) is 11.2. The summed E-state index contributed by atoms with van der Waals surface area (Å²) in [5.41, 5.74) is 3.73. The Bertz CT molecular complexity index is 1120. The van der Waals surface area contributed by atoms with Crippen LogP contribution in [0.4, 0.5) is 17.1 Å². The lowest BCUT2D eigenvalue weighted by Gasteiger charge is -2.44. The number of benzene rings is 3. The van der Waals surface area contributed by atoms with E-state index in [1.54, 1.807) is 11.8 Å². The molecule has 0 spiro atoms. The van der Waals surface area contributed by atoms with Crippen LogP contribution >= 0.6 is 23.4 Å². The van der Waals surface area contributed by atoms with Crippen LogP contribution < -0.4 is 20.5 Å². The predicted octanol–water partition coefficient (Wildman–Crippen LogP) is 5.64. The van der Waals surface area contributed by atoms with Gasteiger partial charge in [0.25, 0.3) is 0 Å². The molecule has 5 rings (SSSR count). The third kappa shape index (κ3) is 5.79. The van der Waals surface area contributed by atoms with Gasteiger partial charge in [0.05, 0.1) is 17.1 Å². The zero-order chi connectivity index (χ0) is 24.2. The first kappa shape index (κ1) is 24.5. The molecule has 35 heavy (non-hydrogen) atoms. The average molecular weight is 508 g/mol. The monoisotopic (exact) mass is 507 g/mol. The van der Waals surface area contributed by atoms with E-state index >= 15 is 0 Å². The van der Waals surface area contributed by atoms with Crippen LogP contribution in [0.1, 0.15) is 13.8 Å². The van der Waals surface area contributed by atoms with Gasteiger partial charge in [0.1, 0.15) is 0 Å². The maximum absolute atomic E-state index is 6.15. The number of piperazine rings is 2. The van der Waals surface area contributed by atoms with E-state index in [-0.39, 0.29) is 0 Å². The number of rotatable bonds is 6. The standard InChI is InChI=1S/C28H34ClN5S/c1-21-19-32(17-15-30-21)25-7-3-4-8-26(25)34(33-18-16-31-22(2)20-33)27-9-5-6-10-28(27)35-24-13-11-23(29)12-14-24/h3-14,21-22,30-31H,15-20H2,1-2H3. The molecular weight excluding hydrogens is 474 g/mol. The normalized spacial score (nSPS) is 21.2. The lowest BCUT2D eigenvalue weighted by atomic mass is 10.1. The molecule has 0 bridgehead atoms. The van der Waals surface area contributed by atoms with E-state index in [0.717, 1.165) is 44.3 Å². The topological polar surface area (TPSA) is 33.8 Å². The summed E-state index contributed by atoms with van der Waals surface area (Å²) < 4.78 is 0. The summed E-state index contributed by atoms with van der Waals surface area (Å²) in [7, 11) is 0. The van der Waals surface area contributed by atoms with Crippen molar-refractivity contribution < 1.29 is 0 Å². The number of halogens is 1. The zero-order valence-corrected chi connectivity index (χ0v) is 22.0. The fourth-order valence-corrected chi connectivity index (χ4v) is 6.00. The second-order valence-electron chi connectivity index (χ2n) is 9.39. The van der Waals surface area contributed by atoms with E-state index in [0.29, 0.717) is 12.1 Å². The summed E-state index contributed by atoms with van der Waals surface area (Å²) in [5, 5.41) is 12.9. The summed E-state index contributed by atoms with van der Waals surface area (Å²) in [4.78, 5) is 4.94. The SMILES string of the molecule is CC1CN(c2ccccc2N(c2ccccc2Sc2ccc(Cl)cc2)N2CCNC(C)C2)CCN1. The molecule has 2 fully saturated rings. The van der Waals surface area contributed by atoms with Crippen molar-refractivity contribution in [1.82, 2.24) is 15.6 Å². The molecule has 2 aliphatic heterocycles. The Morgan fingerprint density at radius 1 is 0.800 bits per heavy atom. The van der Waals surface area contributed by atoms with Gasteiger partial charge in [-0.25, -0.2) is 5.01 Å². The van der Waals surface area contributed by atoms with E-state index in [9.17, 15) is 0 Å². The summed E-state index contributed by atoms with van der Waals surface area (Å²) in [5.74, 6) is 0. The smallest absolute Gasteiger partial charge is 0.0814 e. The maximum Gasteiger partial charge on any atom is 0.0814 e. The highest BCUT2D eigenvalue weighted by molar-refractivity contribution is 7.99. The lowest BCUT2D eigenvalue weighted by molar-refractivity contribution is 0.208. The number of nitrogens with one attached hydrogen (secondary N) is 2. The first-order valence-electron chi connectivity index (χ1n) is 12.5. The van der Waals surface area contributed by atoms with Gasteiger partial charge in [-0.3, -0.25) is 5.01 Å². The van der Waals surface area contributed by atoms with Crippen LogP contribution in [-0.4, -0.2) is 56.4 Å². The highest BCUT2D eigenvalue weighted by Crippen LogP contribution is 2.42. The fourth-order valence-electron chi connectivity index (χ4n) is 4.94. The van der Waals surface area contributed by atoms with E-state index in [2.05, 4.69) is 100 Å². The Morgan fingerprint density at radius 3 is 2.20 bits per heavy atom. The number of nitrogens with zero attached hydrogens (tertiary/aromatic N) is 3. The molecule has 0 aliphatic carbocycles. The zero-order valence-electron chi connectivity index (χ0n) is 20.5.